The molecular weight excluding hydrogens is 314 g/mol. The first-order valence-corrected chi connectivity index (χ1v) is 7.55. The standard InChI is InChI=1S/C11H19N5.C4H4O4/c1-3-8(2)14-9-6-16(7-9)10-4-5-13-11(12)15-10;5-3(6)1-2-4(7)8/h4-5,8-9,14H,3,6-7H2,1-2H3,(H2,12,13,15);1-2H,(H,5,6)(H,7,8)/b;2-1+. The molecule has 1 fully saturated rings. The SMILES string of the molecule is CCC(C)NC1CN(c2ccnc(N)n2)C1.O=C(O)/C=C/C(=O)O. The average molecular weight is 337 g/mol. The lowest BCUT2D eigenvalue weighted by molar-refractivity contribution is -0.134. The lowest BCUT2D eigenvalue weighted by Gasteiger charge is -2.41. The van der Waals surface area contributed by atoms with Gasteiger partial charge in [-0.05, 0) is 19.4 Å². The van der Waals surface area contributed by atoms with Crippen LogP contribution in [-0.2, 0) is 9.59 Å². The fraction of sp³-hybridized carbons (Fsp3) is 0.467. The molecule has 0 saturated carbocycles. The predicted molar refractivity (Wildman–Crippen MR) is 89.7 cm³/mol. The first-order chi connectivity index (χ1) is 11.3. The van der Waals surface area contributed by atoms with Gasteiger partial charge in [0.05, 0.1) is 0 Å². The number of rotatable bonds is 6. The van der Waals surface area contributed by atoms with Gasteiger partial charge in [0.1, 0.15) is 5.82 Å². The highest BCUT2D eigenvalue weighted by atomic mass is 16.4. The van der Waals surface area contributed by atoms with Crippen molar-refractivity contribution in [2.75, 3.05) is 23.7 Å². The highest BCUT2D eigenvalue weighted by Crippen LogP contribution is 2.18. The molecule has 0 bridgehead atoms. The highest BCUT2D eigenvalue weighted by molar-refractivity contribution is 5.89. The molecule has 1 aromatic heterocycles. The topological polar surface area (TPSA) is 142 Å². The van der Waals surface area contributed by atoms with Crippen molar-refractivity contribution >= 4 is 23.7 Å². The van der Waals surface area contributed by atoms with Crippen molar-refractivity contribution in [3.8, 4) is 0 Å². The molecule has 9 heteroatoms. The van der Waals surface area contributed by atoms with Crippen LogP contribution in [0.5, 0.6) is 0 Å². The molecule has 0 aromatic carbocycles. The Kier molecular flexibility index (Phi) is 7.63. The Bertz CT molecular complexity index is 571. The van der Waals surface area contributed by atoms with Gasteiger partial charge in [0.15, 0.2) is 0 Å². The zero-order chi connectivity index (χ0) is 18.1. The molecule has 0 aliphatic carbocycles. The second-order valence-electron chi connectivity index (χ2n) is 5.36. The summed E-state index contributed by atoms with van der Waals surface area (Å²) in [6.45, 7) is 6.41. The molecule has 1 saturated heterocycles. The number of aromatic nitrogens is 2. The van der Waals surface area contributed by atoms with Gasteiger partial charge in [-0.1, -0.05) is 6.92 Å². The number of carboxylic acid groups (broad SMARTS) is 2. The van der Waals surface area contributed by atoms with Crippen LogP contribution in [0.4, 0.5) is 11.8 Å². The number of nitrogens with two attached hydrogens (primary N) is 1. The molecule has 24 heavy (non-hydrogen) atoms. The van der Waals surface area contributed by atoms with E-state index < -0.39 is 11.9 Å². The Labute approximate surface area is 140 Å². The Balaban J connectivity index is 0.000000307. The third-order valence-corrected chi connectivity index (χ3v) is 3.37. The largest absolute Gasteiger partial charge is 0.478 e. The summed E-state index contributed by atoms with van der Waals surface area (Å²) in [5.74, 6) is -1.25. The van der Waals surface area contributed by atoms with E-state index in [4.69, 9.17) is 15.9 Å². The normalized spacial score (nSPS) is 15.3. The minimum atomic E-state index is -1.26. The number of nitrogens with one attached hydrogen (secondary N) is 1. The molecule has 5 N–H and O–H groups in total. The number of carboxylic acids is 2. The van der Waals surface area contributed by atoms with Crippen molar-refractivity contribution in [1.82, 2.24) is 15.3 Å². The molecule has 1 aliphatic rings. The summed E-state index contributed by atoms with van der Waals surface area (Å²) in [6, 6.07) is 3.06. The third kappa shape index (κ3) is 7.05. The van der Waals surface area contributed by atoms with E-state index in [0.29, 0.717) is 30.2 Å². The van der Waals surface area contributed by atoms with Gasteiger partial charge in [-0.2, -0.15) is 4.98 Å². The van der Waals surface area contributed by atoms with Crippen molar-refractivity contribution in [3.05, 3.63) is 24.4 Å². The molecule has 1 aliphatic heterocycles. The van der Waals surface area contributed by atoms with Crippen molar-refractivity contribution in [3.63, 3.8) is 0 Å². The van der Waals surface area contributed by atoms with Crippen LogP contribution in [0.1, 0.15) is 20.3 Å². The second kappa shape index (κ2) is 9.46. The van der Waals surface area contributed by atoms with Crippen LogP contribution < -0.4 is 16.0 Å². The van der Waals surface area contributed by atoms with Crippen LogP contribution in [0.3, 0.4) is 0 Å². The first-order valence-electron chi connectivity index (χ1n) is 7.55. The van der Waals surface area contributed by atoms with Crippen LogP contribution in [-0.4, -0.2) is 57.3 Å². The van der Waals surface area contributed by atoms with Gasteiger partial charge in [0, 0.05) is 43.5 Å². The summed E-state index contributed by atoms with van der Waals surface area (Å²) in [5, 5.41) is 19.2. The van der Waals surface area contributed by atoms with Crippen molar-refractivity contribution in [2.24, 2.45) is 0 Å². The fourth-order valence-electron chi connectivity index (χ4n) is 1.97. The van der Waals surface area contributed by atoms with Gasteiger partial charge in [0.2, 0.25) is 5.95 Å². The molecule has 9 nitrogen and oxygen atoms in total. The monoisotopic (exact) mass is 337 g/mol. The van der Waals surface area contributed by atoms with Gasteiger partial charge in [-0.25, -0.2) is 14.6 Å². The summed E-state index contributed by atoms with van der Waals surface area (Å²) >= 11 is 0. The molecule has 0 radical (unpaired) electrons. The minimum absolute atomic E-state index is 0.343. The van der Waals surface area contributed by atoms with E-state index in [2.05, 4.69) is 34.0 Å². The molecule has 0 spiro atoms. The average Bonchev–Trinajstić information content (AvgIpc) is 2.48. The van der Waals surface area contributed by atoms with Gasteiger partial charge >= 0.3 is 11.9 Å². The smallest absolute Gasteiger partial charge is 0.328 e. The summed E-state index contributed by atoms with van der Waals surface area (Å²) < 4.78 is 0. The van der Waals surface area contributed by atoms with E-state index >= 15 is 0 Å². The number of aliphatic carboxylic acids is 2. The maximum Gasteiger partial charge on any atom is 0.328 e. The minimum Gasteiger partial charge on any atom is -0.478 e. The summed E-state index contributed by atoms with van der Waals surface area (Å²) in [7, 11) is 0. The Hall–Kier alpha value is -2.68. The van der Waals surface area contributed by atoms with Crippen LogP contribution in [0.25, 0.3) is 0 Å². The Morgan fingerprint density at radius 3 is 2.46 bits per heavy atom. The molecule has 1 aromatic rings. The molecular formula is C15H23N5O4. The maximum atomic E-state index is 9.55. The molecule has 1 atom stereocenters. The van der Waals surface area contributed by atoms with E-state index in [9.17, 15) is 9.59 Å². The number of anilines is 2. The van der Waals surface area contributed by atoms with Crippen molar-refractivity contribution < 1.29 is 19.8 Å². The van der Waals surface area contributed by atoms with E-state index in [1.807, 2.05) is 6.07 Å². The van der Waals surface area contributed by atoms with Crippen LogP contribution in [0.15, 0.2) is 24.4 Å². The second-order valence-corrected chi connectivity index (χ2v) is 5.36. The quantitative estimate of drug-likeness (QED) is 0.541. The first kappa shape index (κ1) is 19.4. The van der Waals surface area contributed by atoms with Gasteiger partial charge in [-0.3, -0.25) is 0 Å². The van der Waals surface area contributed by atoms with E-state index in [0.717, 1.165) is 25.3 Å². The number of nitrogens with zero attached hydrogens (tertiary/aromatic N) is 3. The molecule has 2 rings (SSSR count). The van der Waals surface area contributed by atoms with Crippen molar-refractivity contribution in [1.29, 1.82) is 0 Å². The Morgan fingerprint density at radius 2 is 2.00 bits per heavy atom. The fourth-order valence-corrected chi connectivity index (χ4v) is 1.97. The zero-order valence-corrected chi connectivity index (χ0v) is 13.7. The molecule has 2 heterocycles. The maximum absolute atomic E-state index is 9.55. The molecule has 1 unspecified atom stereocenters. The van der Waals surface area contributed by atoms with Crippen LogP contribution in [0.2, 0.25) is 0 Å². The Morgan fingerprint density at radius 1 is 1.42 bits per heavy atom. The van der Waals surface area contributed by atoms with Gasteiger partial charge < -0.3 is 26.2 Å². The molecule has 132 valence electrons. The summed E-state index contributed by atoms with van der Waals surface area (Å²) in [6.07, 6.45) is 3.98. The zero-order valence-electron chi connectivity index (χ0n) is 13.7. The molecule has 0 amide bonds. The third-order valence-electron chi connectivity index (χ3n) is 3.37. The van der Waals surface area contributed by atoms with Crippen molar-refractivity contribution in [2.45, 2.75) is 32.4 Å². The van der Waals surface area contributed by atoms with Crippen LogP contribution >= 0.6 is 0 Å². The van der Waals surface area contributed by atoms with Gasteiger partial charge in [-0.15, -0.1) is 0 Å². The predicted octanol–water partition coefficient (Wildman–Crippen LogP) is 0.347. The number of hydrogen-bond acceptors (Lipinski definition) is 7. The number of hydrogen-bond donors (Lipinski definition) is 4. The van der Waals surface area contributed by atoms with E-state index in [-0.39, 0.29) is 0 Å². The van der Waals surface area contributed by atoms with Gasteiger partial charge in [0.25, 0.3) is 0 Å². The highest BCUT2D eigenvalue weighted by Gasteiger charge is 2.28. The lowest BCUT2D eigenvalue weighted by Crippen LogP contribution is -2.60. The summed E-state index contributed by atoms with van der Waals surface area (Å²) in [5.41, 5.74) is 5.55. The number of nitrogen functional groups attached to an aromatic ring is 1. The van der Waals surface area contributed by atoms with E-state index in [1.54, 1.807) is 6.20 Å². The summed E-state index contributed by atoms with van der Waals surface area (Å²) in [4.78, 5) is 29.4. The van der Waals surface area contributed by atoms with Crippen LogP contribution in [0, 0.1) is 0 Å². The van der Waals surface area contributed by atoms with E-state index in [1.165, 1.54) is 0 Å². The lowest BCUT2D eigenvalue weighted by atomic mass is 10.1. The number of carbonyl (C=O) groups is 2.